The van der Waals surface area contributed by atoms with E-state index in [1.807, 2.05) is 0 Å². The highest BCUT2D eigenvalue weighted by atomic mass is 79.9. The lowest BCUT2D eigenvalue weighted by Gasteiger charge is -2.20. The number of phenolic OH excluding ortho intramolecular Hbond substituents is 1. The first-order valence-electron chi connectivity index (χ1n) is 6.31. The summed E-state index contributed by atoms with van der Waals surface area (Å²) in [7, 11) is 0. The van der Waals surface area contributed by atoms with Crippen LogP contribution in [0, 0.1) is 5.92 Å². The Morgan fingerprint density at radius 2 is 2.20 bits per heavy atom. The van der Waals surface area contributed by atoms with Crippen molar-refractivity contribution in [3.05, 3.63) is 34.1 Å². The molecule has 20 heavy (non-hydrogen) atoms. The predicted octanol–water partition coefficient (Wildman–Crippen LogP) is 2.02. The molecule has 1 heterocycles. The van der Waals surface area contributed by atoms with E-state index in [0.717, 1.165) is 28.7 Å². The maximum absolute atomic E-state index is 12.2. The molecule has 3 rings (SSSR count). The van der Waals surface area contributed by atoms with Gasteiger partial charge < -0.3 is 10.4 Å². The molecule has 2 aromatic rings. The van der Waals surface area contributed by atoms with Crippen LogP contribution in [-0.2, 0) is 17.6 Å². The summed E-state index contributed by atoms with van der Waals surface area (Å²) in [6, 6.07) is 4.99. The summed E-state index contributed by atoms with van der Waals surface area (Å²) in [6.45, 7) is 0. The first-order valence-corrected chi connectivity index (χ1v) is 7.10. The number of hydrogen-bond donors (Lipinski definition) is 3. The van der Waals surface area contributed by atoms with Crippen molar-refractivity contribution in [3.63, 3.8) is 0 Å². The topological polar surface area (TPSA) is 90.9 Å². The highest BCUT2D eigenvalue weighted by Gasteiger charge is 2.27. The predicted molar refractivity (Wildman–Crippen MR) is 76.3 cm³/mol. The Morgan fingerprint density at radius 3 is 3.00 bits per heavy atom. The summed E-state index contributed by atoms with van der Waals surface area (Å²) in [5, 5.41) is 23.2. The number of halogens is 1. The number of carbonyl (C=O) groups is 1. The third-order valence-corrected chi connectivity index (χ3v) is 3.95. The van der Waals surface area contributed by atoms with Gasteiger partial charge in [-0.15, -0.1) is 0 Å². The summed E-state index contributed by atoms with van der Waals surface area (Å²) in [6.07, 6.45) is 2.06. The van der Waals surface area contributed by atoms with Gasteiger partial charge in [0.05, 0.1) is 17.1 Å². The fourth-order valence-corrected chi connectivity index (χ4v) is 2.70. The van der Waals surface area contributed by atoms with Gasteiger partial charge in [0.2, 0.25) is 5.91 Å². The van der Waals surface area contributed by atoms with Gasteiger partial charge >= 0.3 is 0 Å². The molecule has 6 nitrogen and oxygen atoms in total. The summed E-state index contributed by atoms with van der Waals surface area (Å²) >= 11 is 3.26. The summed E-state index contributed by atoms with van der Waals surface area (Å²) in [5.41, 5.74) is 2.22. The van der Waals surface area contributed by atoms with Crippen LogP contribution in [0.1, 0.15) is 17.8 Å². The van der Waals surface area contributed by atoms with Crippen LogP contribution >= 0.6 is 15.9 Å². The van der Waals surface area contributed by atoms with E-state index in [1.54, 1.807) is 18.2 Å². The third-order valence-electron chi connectivity index (χ3n) is 3.46. The van der Waals surface area contributed by atoms with Crippen LogP contribution in [0.5, 0.6) is 5.75 Å². The van der Waals surface area contributed by atoms with E-state index in [9.17, 15) is 9.90 Å². The zero-order chi connectivity index (χ0) is 14.1. The number of anilines is 1. The molecule has 0 radical (unpaired) electrons. The normalized spacial score (nSPS) is 17.6. The van der Waals surface area contributed by atoms with Gasteiger partial charge in [0.1, 0.15) is 5.75 Å². The Hall–Kier alpha value is -1.89. The number of amides is 1. The number of benzene rings is 1. The number of H-pyrrole nitrogens is 1. The van der Waals surface area contributed by atoms with Gasteiger partial charge in [0, 0.05) is 16.8 Å². The second-order valence-corrected chi connectivity index (χ2v) is 5.72. The van der Waals surface area contributed by atoms with Gasteiger partial charge in [-0.3, -0.25) is 4.79 Å². The average molecular weight is 337 g/mol. The molecular weight excluding hydrogens is 324 g/mol. The van der Waals surface area contributed by atoms with Gasteiger partial charge in [-0.2, -0.15) is 15.4 Å². The lowest BCUT2D eigenvalue weighted by Crippen LogP contribution is -2.28. The van der Waals surface area contributed by atoms with Crippen molar-refractivity contribution >= 4 is 27.5 Å². The van der Waals surface area contributed by atoms with E-state index in [-0.39, 0.29) is 17.6 Å². The third kappa shape index (κ3) is 2.53. The largest absolute Gasteiger partial charge is 0.506 e. The molecule has 0 saturated heterocycles. The summed E-state index contributed by atoms with van der Waals surface area (Å²) < 4.78 is 0.762. The molecule has 0 saturated carbocycles. The quantitative estimate of drug-likeness (QED) is 0.731. The van der Waals surface area contributed by atoms with Gasteiger partial charge in [0.15, 0.2) is 0 Å². The van der Waals surface area contributed by atoms with Gasteiger partial charge in [-0.1, -0.05) is 15.9 Å². The number of aromatic amines is 1. The highest BCUT2D eigenvalue weighted by molar-refractivity contribution is 9.10. The number of carbonyl (C=O) groups excluding carboxylic acids is 1. The molecular formula is C13H13BrN4O2. The zero-order valence-electron chi connectivity index (χ0n) is 10.6. The highest BCUT2D eigenvalue weighted by Crippen LogP contribution is 2.29. The first-order chi connectivity index (χ1) is 9.63. The number of aromatic hydroxyl groups is 1. The fourth-order valence-electron chi connectivity index (χ4n) is 2.35. The molecule has 1 amide bonds. The maximum atomic E-state index is 12.2. The molecule has 0 spiro atoms. The van der Waals surface area contributed by atoms with Crippen LogP contribution in [-0.4, -0.2) is 26.4 Å². The van der Waals surface area contributed by atoms with Crippen molar-refractivity contribution in [2.75, 3.05) is 5.32 Å². The number of fused-ring (bicyclic) bond motifs is 1. The van der Waals surface area contributed by atoms with Crippen molar-refractivity contribution < 1.29 is 9.90 Å². The summed E-state index contributed by atoms with van der Waals surface area (Å²) in [5.74, 6) is -0.197. The molecule has 7 heteroatoms. The number of hydrogen-bond acceptors (Lipinski definition) is 4. The monoisotopic (exact) mass is 336 g/mol. The van der Waals surface area contributed by atoms with Crippen LogP contribution < -0.4 is 5.32 Å². The molecule has 1 aliphatic rings. The van der Waals surface area contributed by atoms with Crippen molar-refractivity contribution in [3.8, 4) is 5.75 Å². The van der Waals surface area contributed by atoms with E-state index >= 15 is 0 Å². The Morgan fingerprint density at radius 1 is 1.40 bits per heavy atom. The minimum atomic E-state index is -0.143. The Balaban J connectivity index is 1.71. The molecule has 3 N–H and O–H groups in total. The SMILES string of the molecule is O=C(Nc1ccc(Br)cc1O)[C@@H]1CCc2n[nH]nc2C1. The molecule has 0 fully saturated rings. The molecule has 1 atom stereocenters. The Kier molecular flexibility index (Phi) is 3.43. The second-order valence-electron chi connectivity index (χ2n) is 4.81. The smallest absolute Gasteiger partial charge is 0.227 e. The van der Waals surface area contributed by atoms with E-state index in [0.29, 0.717) is 12.1 Å². The molecule has 1 aliphatic carbocycles. The lowest BCUT2D eigenvalue weighted by atomic mass is 9.89. The van der Waals surface area contributed by atoms with Gasteiger partial charge in [0.25, 0.3) is 0 Å². The Bertz CT molecular complexity index is 656. The van der Waals surface area contributed by atoms with Crippen LogP contribution in [0.25, 0.3) is 0 Å². The van der Waals surface area contributed by atoms with Crippen LogP contribution in [0.3, 0.4) is 0 Å². The van der Waals surface area contributed by atoms with Crippen molar-refractivity contribution in [2.24, 2.45) is 5.92 Å². The number of phenols is 1. The lowest BCUT2D eigenvalue weighted by molar-refractivity contribution is -0.120. The van der Waals surface area contributed by atoms with Gasteiger partial charge in [-0.25, -0.2) is 0 Å². The molecule has 0 aliphatic heterocycles. The molecule has 1 aromatic heterocycles. The van der Waals surface area contributed by atoms with E-state index in [2.05, 4.69) is 36.7 Å². The zero-order valence-corrected chi connectivity index (χ0v) is 12.1. The van der Waals surface area contributed by atoms with E-state index in [1.165, 1.54) is 0 Å². The summed E-state index contributed by atoms with van der Waals surface area (Å²) in [4.78, 5) is 12.2. The number of aryl methyl sites for hydroxylation is 1. The number of aromatic nitrogens is 3. The van der Waals surface area contributed by atoms with E-state index < -0.39 is 0 Å². The van der Waals surface area contributed by atoms with E-state index in [4.69, 9.17) is 0 Å². The number of rotatable bonds is 2. The number of nitrogens with one attached hydrogen (secondary N) is 2. The minimum Gasteiger partial charge on any atom is -0.506 e. The molecule has 0 bridgehead atoms. The maximum Gasteiger partial charge on any atom is 0.227 e. The second kappa shape index (κ2) is 5.24. The van der Waals surface area contributed by atoms with Crippen LogP contribution in [0.2, 0.25) is 0 Å². The Labute approximate surface area is 123 Å². The van der Waals surface area contributed by atoms with Crippen LogP contribution in [0.4, 0.5) is 5.69 Å². The molecule has 1 aromatic carbocycles. The van der Waals surface area contributed by atoms with Crippen LogP contribution in [0.15, 0.2) is 22.7 Å². The molecule has 0 unspecified atom stereocenters. The average Bonchev–Trinajstić information content (AvgIpc) is 2.89. The fraction of sp³-hybridized carbons (Fsp3) is 0.308. The number of nitrogens with zero attached hydrogens (tertiary/aromatic N) is 2. The molecule has 104 valence electrons. The van der Waals surface area contributed by atoms with Crippen molar-refractivity contribution in [1.82, 2.24) is 15.4 Å². The van der Waals surface area contributed by atoms with Gasteiger partial charge in [-0.05, 0) is 31.0 Å². The van der Waals surface area contributed by atoms with Crippen molar-refractivity contribution in [2.45, 2.75) is 19.3 Å². The minimum absolute atomic E-state index is 0.0469. The van der Waals surface area contributed by atoms with Crippen molar-refractivity contribution in [1.29, 1.82) is 0 Å². The standard InChI is InChI=1S/C13H13BrN4O2/c14-8-2-4-10(12(19)6-8)15-13(20)7-1-3-9-11(5-7)17-18-16-9/h2,4,6-7,19H,1,3,5H2,(H,15,20)(H,16,17,18)/t7-/m1/s1. The first kappa shape index (κ1) is 13.1.